The highest BCUT2D eigenvalue weighted by atomic mass is 16.5. The monoisotopic (exact) mass is 381 g/mol. The highest BCUT2D eigenvalue weighted by molar-refractivity contribution is 5.81. The van der Waals surface area contributed by atoms with E-state index >= 15 is 0 Å². The van der Waals surface area contributed by atoms with Crippen LogP contribution in [0.4, 0.5) is 0 Å². The molecular weight excluding hydrogens is 350 g/mol. The Balaban J connectivity index is 1.43. The number of carbonyl (C=O) groups is 1. The normalized spacial score (nSPS) is 16.2. The van der Waals surface area contributed by atoms with Gasteiger partial charge in [0.25, 0.3) is 5.91 Å². The SMILES string of the molecule is CC(Oc1ccc(C(C)C)cc1)C(=O)N1CCN(CCc2ccccn2)CC1. The number of ether oxygens (including phenoxy) is 1. The quantitative estimate of drug-likeness (QED) is 0.738. The molecule has 3 rings (SSSR count). The Morgan fingerprint density at radius 2 is 1.75 bits per heavy atom. The van der Waals surface area contributed by atoms with Crippen LogP contribution in [0, 0.1) is 0 Å². The van der Waals surface area contributed by atoms with Gasteiger partial charge >= 0.3 is 0 Å². The van der Waals surface area contributed by atoms with Gasteiger partial charge in [-0.3, -0.25) is 14.7 Å². The van der Waals surface area contributed by atoms with Crippen molar-refractivity contribution in [3.63, 3.8) is 0 Å². The molecular formula is C23H31N3O2. The van der Waals surface area contributed by atoms with Gasteiger partial charge in [0.15, 0.2) is 6.10 Å². The highest BCUT2D eigenvalue weighted by Crippen LogP contribution is 2.20. The number of carbonyl (C=O) groups excluding carboxylic acids is 1. The maximum absolute atomic E-state index is 12.7. The first-order chi connectivity index (χ1) is 13.5. The fourth-order valence-electron chi connectivity index (χ4n) is 3.45. The molecule has 1 saturated heterocycles. The van der Waals surface area contributed by atoms with Gasteiger partial charge in [-0.05, 0) is 42.7 Å². The molecule has 0 N–H and O–H groups in total. The van der Waals surface area contributed by atoms with Crippen molar-refractivity contribution in [3.05, 3.63) is 59.9 Å². The number of amides is 1. The molecule has 0 radical (unpaired) electrons. The zero-order chi connectivity index (χ0) is 19.9. The van der Waals surface area contributed by atoms with E-state index in [2.05, 4.69) is 41.9 Å². The molecule has 0 bridgehead atoms. The van der Waals surface area contributed by atoms with E-state index in [1.807, 2.05) is 42.3 Å². The van der Waals surface area contributed by atoms with E-state index in [1.54, 1.807) is 0 Å². The van der Waals surface area contributed by atoms with Crippen molar-refractivity contribution in [1.29, 1.82) is 0 Å². The Kier molecular flexibility index (Phi) is 7.04. The van der Waals surface area contributed by atoms with Gasteiger partial charge in [-0.15, -0.1) is 0 Å². The number of piperazine rings is 1. The standard InChI is InChI=1S/C23H31N3O2/c1-18(2)20-7-9-22(10-8-20)28-19(3)23(27)26-16-14-25(15-17-26)13-11-21-6-4-5-12-24-21/h4-10,12,18-19H,11,13-17H2,1-3H3. The summed E-state index contributed by atoms with van der Waals surface area (Å²) in [6, 6.07) is 14.1. The van der Waals surface area contributed by atoms with Crippen LogP contribution in [0.5, 0.6) is 5.75 Å². The summed E-state index contributed by atoms with van der Waals surface area (Å²) >= 11 is 0. The van der Waals surface area contributed by atoms with Crippen LogP contribution in [0.3, 0.4) is 0 Å². The Bertz CT molecular complexity index is 738. The molecule has 0 spiro atoms. The molecule has 28 heavy (non-hydrogen) atoms. The summed E-state index contributed by atoms with van der Waals surface area (Å²) in [4.78, 5) is 21.4. The van der Waals surface area contributed by atoms with Gasteiger partial charge in [0.2, 0.25) is 0 Å². The Labute approximate surface area is 168 Å². The minimum Gasteiger partial charge on any atom is -0.481 e. The third-order valence-corrected chi connectivity index (χ3v) is 5.30. The lowest BCUT2D eigenvalue weighted by Crippen LogP contribution is -2.52. The molecule has 1 aliphatic rings. The lowest BCUT2D eigenvalue weighted by Gasteiger charge is -2.35. The van der Waals surface area contributed by atoms with Gasteiger partial charge in [-0.2, -0.15) is 0 Å². The second-order valence-electron chi connectivity index (χ2n) is 7.72. The number of benzene rings is 1. The van der Waals surface area contributed by atoms with Crippen molar-refractivity contribution < 1.29 is 9.53 Å². The zero-order valence-electron chi connectivity index (χ0n) is 17.2. The number of hydrogen-bond donors (Lipinski definition) is 0. The molecule has 1 unspecified atom stereocenters. The largest absolute Gasteiger partial charge is 0.481 e. The van der Waals surface area contributed by atoms with Crippen molar-refractivity contribution in [1.82, 2.24) is 14.8 Å². The highest BCUT2D eigenvalue weighted by Gasteiger charge is 2.26. The molecule has 0 aliphatic carbocycles. The summed E-state index contributed by atoms with van der Waals surface area (Å²) in [5, 5.41) is 0. The molecule has 5 nitrogen and oxygen atoms in total. The van der Waals surface area contributed by atoms with Crippen LogP contribution in [0.2, 0.25) is 0 Å². The van der Waals surface area contributed by atoms with Crippen LogP contribution in [-0.2, 0) is 11.2 Å². The molecule has 1 aliphatic heterocycles. The molecule has 1 atom stereocenters. The van der Waals surface area contributed by atoms with E-state index in [4.69, 9.17) is 4.74 Å². The molecule has 1 aromatic heterocycles. The molecule has 2 aromatic rings. The Morgan fingerprint density at radius 1 is 1.04 bits per heavy atom. The number of rotatable bonds is 7. The average molecular weight is 382 g/mol. The number of nitrogens with zero attached hydrogens (tertiary/aromatic N) is 3. The van der Waals surface area contributed by atoms with Gasteiger partial charge in [-0.1, -0.05) is 32.0 Å². The lowest BCUT2D eigenvalue weighted by atomic mass is 10.0. The van der Waals surface area contributed by atoms with E-state index in [0.29, 0.717) is 5.92 Å². The average Bonchev–Trinajstić information content (AvgIpc) is 2.73. The maximum Gasteiger partial charge on any atom is 0.263 e. The van der Waals surface area contributed by atoms with E-state index in [1.165, 1.54) is 5.56 Å². The molecule has 2 heterocycles. The summed E-state index contributed by atoms with van der Waals surface area (Å²) in [6.45, 7) is 10.4. The summed E-state index contributed by atoms with van der Waals surface area (Å²) < 4.78 is 5.88. The second-order valence-corrected chi connectivity index (χ2v) is 7.72. The fourth-order valence-corrected chi connectivity index (χ4v) is 3.45. The number of pyridine rings is 1. The molecule has 1 amide bonds. The minimum atomic E-state index is -0.468. The van der Waals surface area contributed by atoms with Gasteiger partial charge < -0.3 is 9.64 Å². The predicted octanol–water partition coefficient (Wildman–Crippen LogP) is 3.36. The smallest absolute Gasteiger partial charge is 0.263 e. The van der Waals surface area contributed by atoms with Crippen molar-refractivity contribution in [2.45, 2.75) is 39.2 Å². The van der Waals surface area contributed by atoms with E-state index in [9.17, 15) is 4.79 Å². The van der Waals surface area contributed by atoms with Gasteiger partial charge in [0.1, 0.15) is 5.75 Å². The van der Waals surface area contributed by atoms with E-state index in [0.717, 1.165) is 50.6 Å². The van der Waals surface area contributed by atoms with Crippen LogP contribution >= 0.6 is 0 Å². The third-order valence-electron chi connectivity index (χ3n) is 5.30. The van der Waals surface area contributed by atoms with Crippen LogP contribution in [0.15, 0.2) is 48.7 Å². The molecule has 0 saturated carbocycles. The van der Waals surface area contributed by atoms with Gasteiger partial charge in [-0.25, -0.2) is 0 Å². The first-order valence-corrected chi connectivity index (χ1v) is 10.2. The summed E-state index contributed by atoms with van der Waals surface area (Å²) in [6.07, 6.45) is 2.31. The van der Waals surface area contributed by atoms with Crippen LogP contribution in [0.1, 0.15) is 37.9 Å². The van der Waals surface area contributed by atoms with E-state index in [-0.39, 0.29) is 5.91 Å². The Hall–Kier alpha value is -2.40. The van der Waals surface area contributed by atoms with Crippen LogP contribution in [-0.4, -0.2) is 59.5 Å². The zero-order valence-corrected chi connectivity index (χ0v) is 17.2. The van der Waals surface area contributed by atoms with E-state index < -0.39 is 6.10 Å². The maximum atomic E-state index is 12.7. The summed E-state index contributed by atoms with van der Waals surface area (Å²) in [7, 11) is 0. The van der Waals surface area contributed by atoms with Crippen molar-refractivity contribution >= 4 is 5.91 Å². The molecule has 5 heteroatoms. The predicted molar refractivity (Wildman–Crippen MR) is 112 cm³/mol. The van der Waals surface area contributed by atoms with Crippen LogP contribution in [0.25, 0.3) is 0 Å². The third kappa shape index (κ3) is 5.55. The molecule has 1 fully saturated rings. The van der Waals surface area contributed by atoms with Gasteiger partial charge in [0, 0.05) is 51.0 Å². The van der Waals surface area contributed by atoms with Crippen molar-refractivity contribution in [3.8, 4) is 5.75 Å². The van der Waals surface area contributed by atoms with Crippen LogP contribution < -0.4 is 4.74 Å². The minimum absolute atomic E-state index is 0.0670. The molecule has 150 valence electrons. The second kappa shape index (κ2) is 9.69. The van der Waals surface area contributed by atoms with Crippen molar-refractivity contribution in [2.24, 2.45) is 0 Å². The lowest BCUT2D eigenvalue weighted by molar-refractivity contribution is -0.139. The summed E-state index contributed by atoms with van der Waals surface area (Å²) in [5.41, 5.74) is 2.39. The van der Waals surface area contributed by atoms with Gasteiger partial charge in [0.05, 0.1) is 0 Å². The fraction of sp³-hybridized carbons (Fsp3) is 0.478. The first-order valence-electron chi connectivity index (χ1n) is 10.2. The topological polar surface area (TPSA) is 45.7 Å². The van der Waals surface area contributed by atoms with Crippen molar-refractivity contribution in [2.75, 3.05) is 32.7 Å². The first kappa shape index (κ1) is 20.3. The number of hydrogen-bond acceptors (Lipinski definition) is 4. The number of aromatic nitrogens is 1. The Morgan fingerprint density at radius 3 is 2.36 bits per heavy atom. The molecule has 1 aromatic carbocycles. The summed E-state index contributed by atoms with van der Waals surface area (Å²) in [5.74, 6) is 1.30.